The summed E-state index contributed by atoms with van der Waals surface area (Å²) in [7, 11) is 3.82. The van der Waals surface area contributed by atoms with E-state index in [0.717, 1.165) is 10.4 Å². The minimum atomic E-state index is 0.101. The topological polar surface area (TPSA) is 20.3 Å². The van der Waals surface area contributed by atoms with E-state index in [-0.39, 0.29) is 5.78 Å². The van der Waals surface area contributed by atoms with Crippen LogP contribution >= 0.6 is 22.7 Å². The normalized spacial score (nSPS) is 11.5. The molecule has 0 aliphatic carbocycles. The lowest BCUT2D eigenvalue weighted by Gasteiger charge is -2.02. The van der Waals surface area contributed by atoms with Crippen molar-refractivity contribution in [3.8, 4) is 0 Å². The lowest BCUT2D eigenvalue weighted by atomic mass is 10.1. The van der Waals surface area contributed by atoms with E-state index in [0.29, 0.717) is 0 Å². The molecule has 0 amide bonds. The van der Waals surface area contributed by atoms with Crippen molar-refractivity contribution in [2.75, 3.05) is 14.1 Å². The Hall–Kier alpha value is -1.13. The first-order valence-electron chi connectivity index (χ1n) is 5.37. The van der Waals surface area contributed by atoms with E-state index in [2.05, 4.69) is 12.3 Å². The van der Waals surface area contributed by atoms with E-state index in [4.69, 9.17) is 0 Å². The van der Waals surface area contributed by atoms with Gasteiger partial charge in [-0.1, -0.05) is 0 Å². The molecule has 0 radical (unpaired) electrons. The van der Waals surface area contributed by atoms with Crippen molar-refractivity contribution in [3.05, 3.63) is 33.7 Å². The number of carbonyl (C=O) groups excluding carboxylic acids is 1. The average Bonchev–Trinajstić information content (AvgIpc) is 2.78. The smallest absolute Gasteiger partial charge is 0.197 e. The van der Waals surface area contributed by atoms with Crippen LogP contribution in [0.25, 0.3) is 9.40 Å². The van der Waals surface area contributed by atoms with Gasteiger partial charge in [-0.05, 0) is 30.4 Å². The molecule has 0 unspecified atom stereocenters. The van der Waals surface area contributed by atoms with Gasteiger partial charge in [-0.15, -0.1) is 22.7 Å². The number of ketones is 1. The van der Waals surface area contributed by atoms with Gasteiger partial charge in [-0.2, -0.15) is 0 Å². The fourth-order valence-electron chi connectivity index (χ4n) is 1.76. The number of thiophene rings is 2. The van der Waals surface area contributed by atoms with Crippen molar-refractivity contribution in [1.82, 2.24) is 4.90 Å². The molecule has 0 fully saturated rings. The Morgan fingerprint density at radius 3 is 2.65 bits per heavy atom. The predicted octanol–water partition coefficient (Wildman–Crippen LogP) is 3.84. The second kappa shape index (κ2) is 4.63. The summed E-state index contributed by atoms with van der Waals surface area (Å²) >= 11 is 3.33. The summed E-state index contributed by atoms with van der Waals surface area (Å²) in [4.78, 5) is 14.8. The van der Waals surface area contributed by atoms with Gasteiger partial charge in [0.15, 0.2) is 5.78 Å². The molecule has 2 nitrogen and oxygen atoms in total. The monoisotopic (exact) mass is 265 g/mol. The molecule has 0 aliphatic rings. The van der Waals surface area contributed by atoms with Gasteiger partial charge in [0.05, 0.1) is 8.89 Å². The van der Waals surface area contributed by atoms with Gasteiger partial charge in [-0.25, -0.2) is 0 Å². The second-order valence-electron chi connectivity index (χ2n) is 4.28. The molecule has 2 aromatic rings. The maximum atomic E-state index is 12.1. The summed E-state index contributed by atoms with van der Waals surface area (Å²) in [6.07, 6.45) is 3.43. The highest BCUT2D eigenvalue weighted by Gasteiger charge is 2.15. The quantitative estimate of drug-likeness (QED) is 0.621. The van der Waals surface area contributed by atoms with Crippen LogP contribution < -0.4 is 0 Å². The van der Waals surface area contributed by atoms with Crippen molar-refractivity contribution < 1.29 is 4.79 Å². The Balaban J connectivity index is 2.42. The zero-order valence-corrected chi connectivity index (χ0v) is 12.0. The number of nitrogens with zero attached hydrogens (tertiary/aromatic N) is 1. The lowest BCUT2D eigenvalue weighted by molar-refractivity contribution is 0.104. The minimum Gasteiger partial charge on any atom is -0.383 e. The van der Waals surface area contributed by atoms with Crippen LogP contribution in [0.5, 0.6) is 0 Å². The maximum absolute atomic E-state index is 12.1. The second-order valence-corrected chi connectivity index (χ2v) is 6.44. The van der Waals surface area contributed by atoms with E-state index in [1.54, 1.807) is 34.9 Å². The molecule has 2 rings (SSSR count). The number of carbonyl (C=O) groups is 1. The van der Waals surface area contributed by atoms with Crippen molar-refractivity contribution >= 4 is 37.9 Å². The van der Waals surface area contributed by atoms with Crippen LogP contribution in [0.2, 0.25) is 0 Å². The van der Waals surface area contributed by atoms with Crippen LogP contribution in [0.3, 0.4) is 0 Å². The highest BCUT2D eigenvalue weighted by molar-refractivity contribution is 7.38. The van der Waals surface area contributed by atoms with Gasteiger partial charge in [0.25, 0.3) is 0 Å². The third-order valence-corrected chi connectivity index (χ3v) is 5.13. The molecule has 17 heavy (non-hydrogen) atoms. The molecule has 2 aromatic heterocycles. The standard InChI is InChI=1S/C13H15NOS2/c1-8-7-16-13-11(8)9(2)12(17-13)10(15)5-6-14(3)4/h5-7H,1-4H3/b6-5+. The first-order chi connectivity index (χ1) is 8.00. The van der Waals surface area contributed by atoms with Crippen LogP contribution in [0.4, 0.5) is 0 Å². The van der Waals surface area contributed by atoms with Gasteiger partial charge < -0.3 is 4.90 Å². The van der Waals surface area contributed by atoms with Gasteiger partial charge >= 0.3 is 0 Å². The number of hydrogen-bond acceptors (Lipinski definition) is 4. The van der Waals surface area contributed by atoms with Crippen LogP contribution in [0.15, 0.2) is 17.7 Å². The Kier molecular flexibility index (Phi) is 3.35. The molecule has 0 N–H and O–H groups in total. The van der Waals surface area contributed by atoms with Crippen molar-refractivity contribution in [2.24, 2.45) is 0 Å². The van der Waals surface area contributed by atoms with Crippen molar-refractivity contribution in [1.29, 1.82) is 0 Å². The largest absolute Gasteiger partial charge is 0.383 e. The Morgan fingerprint density at radius 1 is 1.35 bits per heavy atom. The highest BCUT2D eigenvalue weighted by Crippen LogP contribution is 2.37. The Morgan fingerprint density at radius 2 is 2.06 bits per heavy atom. The number of aryl methyl sites for hydroxylation is 2. The third kappa shape index (κ3) is 2.28. The van der Waals surface area contributed by atoms with Crippen LogP contribution in [0.1, 0.15) is 20.8 Å². The molecule has 0 spiro atoms. The van der Waals surface area contributed by atoms with Gasteiger partial charge in [0.2, 0.25) is 0 Å². The molecule has 0 bridgehead atoms. The number of rotatable bonds is 3. The summed E-state index contributed by atoms with van der Waals surface area (Å²) in [5, 5.41) is 3.42. The van der Waals surface area contributed by atoms with Crippen molar-refractivity contribution in [2.45, 2.75) is 13.8 Å². The summed E-state index contributed by atoms with van der Waals surface area (Å²) < 4.78 is 1.25. The lowest BCUT2D eigenvalue weighted by Crippen LogP contribution is -2.02. The molecule has 90 valence electrons. The third-order valence-electron chi connectivity index (χ3n) is 2.60. The minimum absolute atomic E-state index is 0.101. The molecule has 2 heterocycles. The first kappa shape index (κ1) is 12.3. The molecule has 0 saturated carbocycles. The number of hydrogen-bond donors (Lipinski definition) is 0. The molecule has 0 aromatic carbocycles. The zero-order chi connectivity index (χ0) is 12.6. The number of fused-ring (bicyclic) bond motifs is 1. The Bertz CT molecular complexity index is 590. The predicted molar refractivity (Wildman–Crippen MR) is 76.3 cm³/mol. The Labute approximate surface area is 109 Å². The summed E-state index contributed by atoms with van der Waals surface area (Å²) in [6.45, 7) is 4.14. The van der Waals surface area contributed by atoms with Crippen LogP contribution in [0, 0.1) is 13.8 Å². The van der Waals surface area contributed by atoms with E-state index < -0.39 is 0 Å². The van der Waals surface area contributed by atoms with E-state index in [9.17, 15) is 4.79 Å². The summed E-state index contributed by atoms with van der Waals surface area (Å²) in [6, 6.07) is 0. The molecule has 0 saturated heterocycles. The van der Waals surface area contributed by atoms with Crippen LogP contribution in [-0.2, 0) is 0 Å². The molecule has 0 atom stereocenters. The average molecular weight is 265 g/mol. The van der Waals surface area contributed by atoms with Gasteiger partial charge in [0, 0.05) is 31.8 Å². The highest BCUT2D eigenvalue weighted by atomic mass is 32.2. The fourth-order valence-corrected chi connectivity index (χ4v) is 4.20. The van der Waals surface area contributed by atoms with Gasteiger partial charge in [0.1, 0.15) is 0 Å². The van der Waals surface area contributed by atoms with Crippen LogP contribution in [-0.4, -0.2) is 24.8 Å². The molecular weight excluding hydrogens is 250 g/mol. The SMILES string of the molecule is Cc1csc2sc(C(=O)/C=C/N(C)C)c(C)c12. The summed E-state index contributed by atoms with van der Waals surface area (Å²) in [5.74, 6) is 0.101. The zero-order valence-electron chi connectivity index (χ0n) is 10.4. The van der Waals surface area contributed by atoms with E-state index >= 15 is 0 Å². The van der Waals surface area contributed by atoms with Gasteiger partial charge in [-0.3, -0.25) is 4.79 Å². The molecular formula is C13H15NOS2. The first-order valence-corrected chi connectivity index (χ1v) is 7.06. The van der Waals surface area contributed by atoms with E-state index in [1.807, 2.05) is 25.9 Å². The molecule has 0 aliphatic heterocycles. The van der Waals surface area contributed by atoms with Crippen molar-refractivity contribution in [3.63, 3.8) is 0 Å². The fraction of sp³-hybridized carbons (Fsp3) is 0.308. The molecule has 4 heteroatoms. The number of allylic oxidation sites excluding steroid dienone is 1. The van der Waals surface area contributed by atoms with E-state index in [1.165, 1.54) is 15.0 Å². The summed E-state index contributed by atoms with van der Waals surface area (Å²) in [5.41, 5.74) is 2.39. The maximum Gasteiger partial charge on any atom is 0.197 e.